The maximum absolute atomic E-state index is 12.2. The van der Waals surface area contributed by atoms with Crippen molar-refractivity contribution in [1.82, 2.24) is 10.2 Å². The molecule has 21 heavy (non-hydrogen) atoms. The number of carbonyl (C=O) groups excluding carboxylic acids is 2. The number of nitrogens with zero attached hydrogens (tertiary/aromatic N) is 1. The lowest BCUT2D eigenvalue weighted by Crippen LogP contribution is -2.44. The standard InChI is InChI=1S/C15H18N2O4/c1-10(18)16-8-6-13(19)17-9-7-11-4-2-3-5-12(11)14(17)15(20)21/h2-5,14H,6-9H2,1H3,(H,16,18)(H,20,21). The highest BCUT2D eigenvalue weighted by molar-refractivity contribution is 5.86. The zero-order chi connectivity index (χ0) is 15.4. The summed E-state index contributed by atoms with van der Waals surface area (Å²) in [4.78, 5) is 36.0. The molecule has 6 nitrogen and oxygen atoms in total. The average molecular weight is 290 g/mol. The number of carboxylic acid groups (broad SMARTS) is 1. The fourth-order valence-corrected chi connectivity index (χ4v) is 2.59. The number of benzene rings is 1. The van der Waals surface area contributed by atoms with Gasteiger partial charge in [0.05, 0.1) is 0 Å². The fourth-order valence-electron chi connectivity index (χ4n) is 2.59. The van der Waals surface area contributed by atoms with Crippen LogP contribution in [-0.2, 0) is 20.8 Å². The van der Waals surface area contributed by atoms with Crippen molar-refractivity contribution in [1.29, 1.82) is 0 Å². The van der Waals surface area contributed by atoms with Gasteiger partial charge in [0.1, 0.15) is 0 Å². The normalized spacial score (nSPS) is 17.0. The molecular weight excluding hydrogens is 272 g/mol. The van der Waals surface area contributed by atoms with E-state index < -0.39 is 12.0 Å². The van der Waals surface area contributed by atoms with E-state index in [2.05, 4.69) is 5.32 Å². The number of hydrogen-bond donors (Lipinski definition) is 2. The Morgan fingerprint density at radius 1 is 1.33 bits per heavy atom. The molecule has 0 aliphatic carbocycles. The number of carboxylic acids is 1. The van der Waals surface area contributed by atoms with Crippen LogP contribution in [-0.4, -0.2) is 40.9 Å². The van der Waals surface area contributed by atoms with E-state index in [1.807, 2.05) is 12.1 Å². The van der Waals surface area contributed by atoms with Gasteiger partial charge in [-0.3, -0.25) is 9.59 Å². The van der Waals surface area contributed by atoms with Gasteiger partial charge in [-0.1, -0.05) is 24.3 Å². The van der Waals surface area contributed by atoms with Crippen LogP contribution in [0.1, 0.15) is 30.5 Å². The Hall–Kier alpha value is -2.37. The van der Waals surface area contributed by atoms with Crippen molar-refractivity contribution in [2.24, 2.45) is 0 Å². The van der Waals surface area contributed by atoms with Gasteiger partial charge in [0.25, 0.3) is 0 Å². The van der Waals surface area contributed by atoms with Gasteiger partial charge < -0.3 is 15.3 Å². The van der Waals surface area contributed by atoms with Crippen LogP contribution < -0.4 is 5.32 Å². The molecule has 2 rings (SSSR count). The molecule has 1 aliphatic rings. The van der Waals surface area contributed by atoms with Crippen molar-refractivity contribution in [3.63, 3.8) is 0 Å². The summed E-state index contributed by atoms with van der Waals surface area (Å²) < 4.78 is 0. The third kappa shape index (κ3) is 3.39. The van der Waals surface area contributed by atoms with E-state index in [0.29, 0.717) is 18.5 Å². The van der Waals surface area contributed by atoms with Crippen molar-refractivity contribution in [2.75, 3.05) is 13.1 Å². The predicted molar refractivity (Wildman–Crippen MR) is 75.5 cm³/mol. The summed E-state index contributed by atoms with van der Waals surface area (Å²) in [6, 6.07) is 6.34. The Kier molecular flexibility index (Phi) is 4.57. The van der Waals surface area contributed by atoms with Crippen molar-refractivity contribution in [2.45, 2.75) is 25.8 Å². The van der Waals surface area contributed by atoms with E-state index in [9.17, 15) is 19.5 Å². The molecule has 1 aromatic carbocycles. The first kappa shape index (κ1) is 15.0. The van der Waals surface area contributed by atoms with Crippen LogP contribution in [0.15, 0.2) is 24.3 Å². The number of aliphatic carboxylic acids is 1. The van der Waals surface area contributed by atoms with Gasteiger partial charge in [0.15, 0.2) is 6.04 Å². The Labute approximate surface area is 122 Å². The Morgan fingerprint density at radius 2 is 2.05 bits per heavy atom. The predicted octanol–water partition coefficient (Wildman–Crippen LogP) is 0.723. The second-order valence-electron chi connectivity index (χ2n) is 5.01. The zero-order valence-corrected chi connectivity index (χ0v) is 11.8. The molecule has 0 saturated carbocycles. The summed E-state index contributed by atoms with van der Waals surface area (Å²) in [6.45, 7) is 1.98. The first-order valence-electron chi connectivity index (χ1n) is 6.85. The first-order valence-corrected chi connectivity index (χ1v) is 6.85. The molecule has 6 heteroatoms. The molecule has 2 N–H and O–H groups in total. The van der Waals surface area contributed by atoms with Gasteiger partial charge in [-0.2, -0.15) is 0 Å². The van der Waals surface area contributed by atoms with Gasteiger partial charge >= 0.3 is 5.97 Å². The van der Waals surface area contributed by atoms with Gasteiger partial charge in [0, 0.05) is 26.4 Å². The van der Waals surface area contributed by atoms with Crippen molar-refractivity contribution >= 4 is 17.8 Å². The molecule has 0 radical (unpaired) electrons. The molecule has 112 valence electrons. The minimum Gasteiger partial charge on any atom is -0.479 e. The molecule has 1 aliphatic heterocycles. The third-order valence-electron chi connectivity index (χ3n) is 3.55. The third-order valence-corrected chi connectivity index (χ3v) is 3.55. The van der Waals surface area contributed by atoms with Gasteiger partial charge in [0.2, 0.25) is 11.8 Å². The smallest absolute Gasteiger partial charge is 0.331 e. The van der Waals surface area contributed by atoms with E-state index in [0.717, 1.165) is 5.56 Å². The molecule has 2 amide bonds. The topological polar surface area (TPSA) is 86.7 Å². The van der Waals surface area contributed by atoms with E-state index in [-0.39, 0.29) is 24.8 Å². The van der Waals surface area contributed by atoms with E-state index in [4.69, 9.17) is 0 Å². The lowest BCUT2D eigenvalue weighted by atomic mass is 9.92. The summed E-state index contributed by atoms with van der Waals surface area (Å²) >= 11 is 0. The van der Waals surface area contributed by atoms with Crippen molar-refractivity contribution < 1.29 is 19.5 Å². The second-order valence-corrected chi connectivity index (χ2v) is 5.01. The van der Waals surface area contributed by atoms with Gasteiger partial charge in [-0.15, -0.1) is 0 Å². The summed E-state index contributed by atoms with van der Waals surface area (Å²) in [6.07, 6.45) is 0.747. The molecule has 1 heterocycles. The maximum Gasteiger partial charge on any atom is 0.331 e. The van der Waals surface area contributed by atoms with Crippen LogP contribution in [0, 0.1) is 0 Å². The fraction of sp³-hybridized carbons (Fsp3) is 0.400. The molecular formula is C15H18N2O4. The van der Waals surface area contributed by atoms with E-state index in [1.54, 1.807) is 12.1 Å². The quantitative estimate of drug-likeness (QED) is 0.855. The molecule has 0 fully saturated rings. The largest absolute Gasteiger partial charge is 0.479 e. The number of fused-ring (bicyclic) bond motifs is 1. The zero-order valence-electron chi connectivity index (χ0n) is 11.8. The van der Waals surface area contributed by atoms with Crippen molar-refractivity contribution in [3.8, 4) is 0 Å². The van der Waals surface area contributed by atoms with Crippen LogP contribution in [0.4, 0.5) is 0 Å². The molecule has 0 spiro atoms. The molecule has 0 aromatic heterocycles. The van der Waals surface area contributed by atoms with Crippen molar-refractivity contribution in [3.05, 3.63) is 35.4 Å². The first-order chi connectivity index (χ1) is 10.0. The molecule has 0 saturated heterocycles. The molecule has 1 atom stereocenters. The highest BCUT2D eigenvalue weighted by Crippen LogP contribution is 2.30. The summed E-state index contributed by atoms with van der Waals surface area (Å²) in [7, 11) is 0. The van der Waals surface area contributed by atoms with Gasteiger partial charge in [-0.25, -0.2) is 4.79 Å². The average Bonchev–Trinajstić information content (AvgIpc) is 2.45. The number of carbonyl (C=O) groups is 3. The monoisotopic (exact) mass is 290 g/mol. The van der Waals surface area contributed by atoms with E-state index in [1.165, 1.54) is 11.8 Å². The highest BCUT2D eigenvalue weighted by Gasteiger charge is 2.35. The van der Waals surface area contributed by atoms with Crippen LogP contribution in [0.2, 0.25) is 0 Å². The Bertz CT molecular complexity index is 571. The van der Waals surface area contributed by atoms with Crippen LogP contribution in [0.25, 0.3) is 0 Å². The van der Waals surface area contributed by atoms with Crippen LogP contribution in [0.5, 0.6) is 0 Å². The van der Waals surface area contributed by atoms with Gasteiger partial charge in [-0.05, 0) is 17.5 Å². The number of amides is 2. The lowest BCUT2D eigenvalue weighted by Gasteiger charge is -2.34. The number of hydrogen-bond acceptors (Lipinski definition) is 3. The number of rotatable bonds is 4. The summed E-state index contributed by atoms with van der Waals surface area (Å²) in [5.41, 5.74) is 1.64. The minimum atomic E-state index is -1.03. The highest BCUT2D eigenvalue weighted by atomic mass is 16.4. The Balaban J connectivity index is 2.14. The molecule has 1 aromatic rings. The summed E-state index contributed by atoms with van der Waals surface area (Å²) in [5.74, 6) is -1.50. The number of nitrogens with one attached hydrogen (secondary N) is 1. The van der Waals surface area contributed by atoms with Crippen LogP contribution >= 0.6 is 0 Å². The molecule has 1 unspecified atom stereocenters. The maximum atomic E-state index is 12.2. The summed E-state index contributed by atoms with van der Waals surface area (Å²) in [5, 5.41) is 12.0. The molecule has 0 bridgehead atoms. The SMILES string of the molecule is CC(=O)NCCC(=O)N1CCc2ccccc2C1C(=O)O. The second kappa shape index (κ2) is 6.39. The Morgan fingerprint density at radius 3 is 2.71 bits per heavy atom. The lowest BCUT2D eigenvalue weighted by molar-refractivity contribution is -0.151. The minimum absolute atomic E-state index is 0.103. The van der Waals surface area contributed by atoms with E-state index >= 15 is 0 Å². The van der Waals surface area contributed by atoms with Crippen LogP contribution in [0.3, 0.4) is 0 Å².